The molecule has 0 radical (unpaired) electrons. The van der Waals surface area contributed by atoms with Gasteiger partial charge in [0.1, 0.15) is 5.25 Å². The van der Waals surface area contributed by atoms with Crippen LogP contribution < -0.4 is 5.32 Å². The van der Waals surface area contributed by atoms with Crippen molar-refractivity contribution in [2.24, 2.45) is 4.99 Å². The number of ether oxygens (including phenoxy) is 1. The first kappa shape index (κ1) is 23.0. The van der Waals surface area contributed by atoms with Crippen molar-refractivity contribution in [3.05, 3.63) is 58.1 Å². The normalized spacial score (nSPS) is 22.0. The first-order valence-corrected chi connectivity index (χ1v) is 12.4. The molecule has 2 aromatic rings. The topological polar surface area (TPSA) is 71.0 Å². The van der Waals surface area contributed by atoms with E-state index in [0.717, 1.165) is 35.2 Å². The Balaban J connectivity index is 1.51. The molecule has 0 bridgehead atoms. The van der Waals surface area contributed by atoms with Crippen molar-refractivity contribution in [1.29, 1.82) is 0 Å². The van der Waals surface area contributed by atoms with E-state index in [2.05, 4.69) is 28.2 Å². The number of hydrogen-bond acceptors (Lipinski definition) is 5. The molecule has 0 aliphatic carbocycles. The number of halogens is 1. The van der Waals surface area contributed by atoms with E-state index < -0.39 is 5.25 Å². The maximum Gasteiger partial charge on any atom is 0.242 e. The van der Waals surface area contributed by atoms with Crippen LogP contribution in [0.3, 0.4) is 0 Å². The minimum Gasteiger partial charge on any atom is -0.376 e. The van der Waals surface area contributed by atoms with Crippen LogP contribution in [0.25, 0.3) is 0 Å². The van der Waals surface area contributed by atoms with Crippen LogP contribution in [0.2, 0.25) is 0 Å². The van der Waals surface area contributed by atoms with E-state index in [-0.39, 0.29) is 24.3 Å². The fraction of sp³-hybridized carbons (Fsp3) is 0.375. The van der Waals surface area contributed by atoms with Crippen molar-refractivity contribution < 1.29 is 14.3 Å². The van der Waals surface area contributed by atoms with Crippen molar-refractivity contribution in [1.82, 2.24) is 4.90 Å². The molecule has 2 amide bonds. The number of anilines is 1. The number of carbonyl (C=O) groups is 2. The number of benzene rings is 2. The van der Waals surface area contributed by atoms with Gasteiger partial charge in [0.2, 0.25) is 11.8 Å². The predicted molar refractivity (Wildman–Crippen MR) is 132 cm³/mol. The smallest absolute Gasteiger partial charge is 0.242 e. The number of thioether (sulfide) groups is 1. The number of nitrogens with one attached hydrogen (secondary N) is 1. The molecule has 0 aromatic heterocycles. The molecule has 2 aromatic carbocycles. The third-order valence-electron chi connectivity index (χ3n) is 5.64. The highest BCUT2D eigenvalue weighted by Crippen LogP contribution is 2.33. The van der Waals surface area contributed by atoms with Gasteiger partial charge in [-0.3, -0.25) is 14.5 Å². The quantitative estimate of drug-likeness (QED) is 0.573. The largest absolute Gasteiger partial charge is 0.376 e. The fourth-order valence-corrected chi connectivity index (χ4v) is 5.14. The maximum absolute atomic E-state index is 13.2. The first-order chi connectivity index (χ1) is 15.4. The Morgan fingerprint density at radius 1 is 1.22 bits per heavy atom. The molecule has 1 N–H and O–H groups in total. The lowest BCUT2D eigenvalue weighted by Gasteiger charge is -2.20. The zero-order valence-electron chi connectivity index (χ0n) is 18.1. The number of amidine groups is 1. The molecular formula is C24H26BrN3O3S. The van der Waals surface area contributed by atoms with Gasteiger partial charge in [0.15, 0.2) is 5.17 Å². The number of amides is 2. The second-order valence-electron chi connectivity index (χ2n) is 8.11. The van der Waals surface area contributed by atoms with Gasteiger partial charge in [-0.2, -0.15) is 0 Å². The summed E-state index contributed by atoms with van der Waals surface area (Å²) in [6, 6.07) is 13.4. The van der Waals surface area contributed by atoms with Gasteiger partial charge < -0.3 is 10.1 Å². The molecular weight excluding hydrogens is 490 g/mol. The second-order valence-corrected chi connectivity index (χ2v) is 10.2. The lowest BCUT2D eigenvalue weighted by Crippen LogP contribution is -2.38. The van der Waals surface area contributed by atoms with Crippen LogP contribution in [0.4, 0.5) is 11.4 Å². The molecule has 2 atom stereocenters. The number of aliphatic imine (C=N–C) groups is 1. The Morgan fingerprint density at radius 2 is 2.00 bits per heavy atom. The molecule has 0 unspecified atom stereocenters. The lowest BCUT2D eigenvalue weighted by molar-refractivity contribution is -0.129. The van der Waals surface area contributed by atoms with Crippen LogP contribution in [0.1, 0.15) is 30.4 Å². The summed E-state index contributed by atoms with van der Waals surface area (Å²) in [4.78, 5) is 32.3. The number of nitrogens with zero attached hydrogens (tertiary/aromatic N) is 2. The summed E-state index contributed by atoms with van der Waals surface area (Å²) >= 11 is 4.74. The van der Waals surface area contributed by atoms with Gasteiger partial charge in [-0.15, -0.1) is 0 Å². The summed E-state index contributed by atoms with van der Waals surface area (Å²) in [7, 11) is 0. The number of aryl methyl sites for hydroxylation is 2. The molecule has 2 aliphatic rings. The molecule has 6 nitrogen and oxygen atoms in total. The summed E-state index contributed by atoms with van der Waals surface area (Å²) in [5, 5.41) is 3.01. The van der Waals surface area contributed by atoms with Gasteiger partial charge in [0.05, 0.1) is 18.3 Å². The highest BCUT2D eigenvalue weighted by molar-refractivity contribution is 9.10. The van der Waals surface area contributed by atoms with E-state index in [0.29, 0.717) is 17.4 Å². The average Bonchev–Trinajstić information content (AvgIpc) is 3.37. The van der Waals surface area contributed by atoms with Gasteiger partial charge in [0.25, 0.3) is 0 Å². The van der Waals surface area contributed by atoms with E-state index in [9.17, 15) is 9.59 Å². The highest BCUT2D eigenvalue weighted by Gasteiger charge is 2.40. The fourth-order valence-electron chi connectivity index (χ4n) is 3.70. The van der Waals surface area contributed by atoms with Crippen LogP contribution in [0, 0.1) is 13.8 Å². The minimum atomic E-state index is -0.503. The summed E-state index contributed by atoms with van der Waals surface area (Å²) in [5.41, 5.74) is 3.86. The van der Waals surface area contributed by atoms with E-state index in [1.165, 1.54) is 17.3 Å². The minimum absolute atomic E-state index is 0.0137. The van der Waals surface area contributed by atoms with Crippen LogP contribution >= 0.6 is 27.7 Å². The number of hydrogen-bond donors (Lipinski definition) is 1. The van der Waals surface area contributed by atoms with Crippen LogP contribution in [0.15, 0.2) is 51.9 Å². The molecule has 2 fully saturated rings. The summed E-state index contributed by atoms with van der Waals surface area (Å²) in [5.74, 6) is -0.276. The molecule has 0 spiro atoms. The molecule has 2 aliphatic heterocycles. The van der Waals surface area contributed by atoms with Crippen LogP contribution in [-0.2, 0) is 14.3 Å². The summed E-state index contributed by atoms with van der Waals surface area (Å²) < 4.78 is 6.70. The molecule has 2 saturated heterocycles. The van der Waals surface area contributed by atoms with Gasteiger partial charge in [-0.25, -0.2) is 4.99 Å². The molecule has 32 heavy (non-hydrogen) atoms. The van der Waals surface area contributed by atoms with Crippen LogP contribution in [-0.4, -0.2) is 46.4 Å². The number of rotatable bonds is 6. The third-order valence-corrected chi connectivity index (χ3v) is 7.35. The standard InChI is InChI=1S/C24H26BrN3O3S/c1-15-5-8-19(12-16(15)2)27-24-28(14-20-4-3-11-31-20)23(30)21(32-24)13-22(29)26-18-9-6-17(25)7-10-18/h5-10,12,20-21H,3-4,11,13-14H2,1-2H3,(H,26,29)/t20-,21+/m1/s1. The summed E-state index contributed by atoms with van der Waals surface area (Å²) in [6.07, 6.45) is 2.04. The maximum atomic E-state index is 13.2. The van der Waals surface area contributed by atoms with E-state index >= 15 is 0 Å². The highest BCUT2D eigenvalue weighted by atomic mass is 79.9. The molecule has 2 heterocycles. The molecule has 8 heteroatoms. The second kappa shape index (κ2) is 10.2. The zero-order valence-corrected chi connectivity index (χ0v) is 20.5. The van der Waals surface area contributed by atoms with E-state index in [1.54, 1.807) is 4.90 Å². The Labute approximate surface area is 200 Å². The average molecular weight is 516 g/mol. The monoisotopic (exact) mass is 515 g/mol. The van der Waals surface area contributed by atoms with E-state index in [4.69, 9.17) is 9.73 Å². The number of carbonyl (C=O) groups excluding carboxylic acids is 2. The van der Waals surface area contributed by atoms with Crippen molar-refractivity contribution in [3.63, 3.8) is 0 Å². The Bertz CT molecular complexity index is 1040. The third kappa shape index (κ3) is 5.60. The molecule has 4 rings (SSSR count). The molecule has 0 saturated carbocycles. The summed E-state index contributed by atoms with van der Waals surface area (Å²) in [6.45, 7) is 5.30. The Morgan fingerprint density at radius 3 is 2.69 bits per heavy atom. The van der Waals surface area contributed by atoms with Crippen LogP contribution in [0.5, 0.6) is 0 Å². The zero-order chi connectivity index (χ0) is 22.7. The van der Waals surface area contributed by atoms with Crippen molar-refractivity contribution in [3.8, 4) is 0 Å². The first-order valence-electron chi connectivity index (χ1n) is 10.7. The van der Waals surface area contributed by atoms with Crippen molar-refractivity contribution in [2.75, 3.05) is 18.5 Å². The van der Waals surface area contributed by atoms with Crippen molar-refractivity contribution >= 4 is 56.0 Å². The Kier molecular flexibility index (Phi) is 7.33. The lowest BCUT2D eigenvalue weighted by atomic mass is 10.1. The van der Waals surface area contributed by atoms with Gasteiger partial charge in [-0.1, -0.05) is 33.8 Å². The van der Waals surface area contributed by atoms with Gasteiger partial charge >= 0.3 is 0 Å². The molecule has 168 valence electrons. The Hall–Kier alpha value is -2.16. The van der Waals surface area contributed by atoms with Gasteiger partial charge in [0, 0.05) is 23.2 Å². The van der Waals surface area contributed by atoms with E-state index in [1.807, 2.05) is 49.4 Å². The van der Waals surface area contributed by atoms with Crippen molar-refractivity contribution in [2.45, 2.75) is 44.5 Å². The van der Waals surface area contributed by atoms with Gasteiger partial charge in [-0.05, 0) is 74.2 Å². The predicted octanol–water partition coefficient (Wildman–Crippen LogP) is 5.21. The SMILES string of the molecule is Cc1ccc(N=C2S[C@@H](CC(=O)Nc3ccc(Br)cc3)C(=O)N2C[C@H]2CCCO2)cc1C.